The molecule has 0 amide bonds. The van der Waals surface area contributed by atoms with Gasteiger partial charge in [-0.1, -0.05) is 12.1 Å². The van der Waals surface area contributed by atoms with E-state index in [4.69, 9.17) is 5.11 Å². The Morgan fingerprint density at radius 3 is 2.42 bits per heavy atom. The Hall–Kier alpha value is -1.68. The number of aromatic amines is 1. The van der Waals surface area contributed by atoms with Gasteiger partial charge in [-0.25, -0.2) is 0 Å². The number of para-hydroxylation sites is 1. The second-order valence-electron chi connectivity index (χ2n) is 2.37. The molecule has 0 aliphatic rings. The first-order chi connectivity index (χ1) is 5.29. The predicted molar refractivity (Wildman–Crippen MR) is 45.2 cm³/mol. The fourth-order valence-electron chi connectivity index (χ4n) is 1.11. The van der Waals surface area contributed by atoms with E-state index in [0.717, 1.165) is 5.52 Å². The zero-order valence-electron chi connectivity index (χ0n) is 6.20. The molecule has 0 atom stereocenters. The van der Waals surface area contributed by atoms with Gasteiger partial charge < -0.3 is 20.7 Å². The van der Waals surface area contributed by atoms with E-state index in [0.29, 0.717) is 5.39 Å². The Bertz CT molecular complexity index is 394. The number of fused-ring (bicyclic) bond motifs is 1. The highest BCUT2D eigenvalue weighted by molar-refractivity contribution is 5.88. The summed E-state index contributed by atoms with van der Waals surface area (Å²) in [4.78, 5) is 2.63. The highest BCUT2D eigenvalue weighted by Gasteiger charge is 2.06. The SMILES string of the molecule is O.Oc1[nH]c2ccccc2c1O. The Morgan fingerprint density at radius 2 is 1.75 bits per heavy atom. The molecule has 12 heavy (non-hydrogen) atoms. The maximum atomic E-state index is 9.22. The van der Waals surface area contributed by atoms with Gasteiger partial charge in [0, 0.05) is 5.39 Å². The van der Waals surface area contributed by atoms with Crippen LogP contribution in [0.3, 0.4) is 0 Å². The van der Waals surface area contributed by atoms with Gasteiger partial charge in [0.2, 0.25) is 5.88 Å². The first-order valence-corrected chi connectivity index (χ1v) is 3.27. The fourth-order valence-corrected chi connectivity index (χ4v) is 1.11. The van der Waals surface area contributed by atoms with Crippen LogP contribution >= 0.6 is 0 Å². The van der Waals surface area contributed by atoms with Crippen molar-refractivity contribution in [2.75, 3.05) is 0 Å². The summed E-state index contributed by atoms with van der Waals surface area (Å²) in [7, 11) is 0. The molecule has 0 unspecified atom stereocenters. The van der Waals surface area contributed by atoms with Crippen LogP contribution in [0, 0.1) is 0 Å². The van der Waals surface area contributed by atoms with Crippen LogP contribution in [-0.4, -0.2) is 20.7 Å². The monoisotopic (exact) mass is 167 g/mol. The number of hydrogen-bond donors (Lipinski definition) is 3. The molecule has 0 fully saturated rings. The molecule has 1 heterocycles. The van der Waals surface area contributed by atoms with Crippen molar-refractivity contribution in [2.45, 2.75) is 0 Å². The molecule has 64 valence electrons. The van der Waals surface area contributed by atoms with Gasteiger partial charge in [0.1, 0.15) is 0 Å². The van der Waals surface area contributed by atoms with Crippen molar-refractivity contribution in [2.24, 2.45) is 0 Å². The molecule has 2 rings (SSSR count). The van der Waals surface area contributed by atoms with Crippen LogP contribution < -0.4 is 0 Å². The maximum absolute atomic E-state index is 9.22. The van der Waals surface area contributed by atoms with Gasteiger partial charge >= 0.3 is 0 Å². The second-order valence-corrected chi connectivity index (χ2v) is 2.37. The average molecular weight is 167 g/mol. The molecule has 1 aromatic carbocycles. The van der Waals surface area contributed by atoms with Crippen molar-refractivity contribution in [1.29, 1.82) is 0 Å². The van der Waals surface area contributed by atoms with E-state index >= 15 is 0 Å². The average Bonchev–Trinajstić information content (AvgIpc) is 2.30. The third-order valence-corrected chi connectivity index (χ3v) is 1.66. The zero-order chi connectivity index (χ0) is 7.84. The van der Waals surface area contributed by atoms with E-state index in [1.54, 1.807) is 18.2 Å². The minimum Gasteiger partial charge on any atom is -0.503 e. The van der Waals surface area contributed by atoms with Crippen molar-refractivity contribution in [3.8, 4) is 11.6 Å². The Kier molecular flexibility index (Phi) is 1.93. The summed E-state index contributed by atoms with van der Waals surface area (Å²) in [6, 6.07) is 7.16. The van der Waals surface area contributed by atoms with Crippen molar-refractivity contribution in [3.63, 3.8) is 0 Å². The fraction of sp³-hybridized carbons (Fsp3) is 0. The minimum absolute atomic E-state index is 0. The van der Waals surface area contributed by atoms with Crippen molar-refractivity contribution in [1.82, 2.24) is 4.98 Å². The molecule has 4 heteroatoms. The van der Waals surface area contributed by atoms with Crippen LogP contribution in [-0.2, 0) is 0 Å². The van der Waals surface area contributed by atoms with Gasteiger partial charge in [-0.3, -0.25) is 0 Å². The first kappa shape index (κ1) is 8.42. The van der Waals surface area contributed by atoms with E-state index in [2.05, 4.69) is 4.98 Å². The van der Waals surface area contributed by atoms with Crippen LogP contribution in [0.4, 0.5) is 0 Å². The molecular weight excluding hydrogens is 158 g/mol. The number of benzene rings is 1. The summed E-state index contributed by atoms with van der Waals surface area (Å²) in [6.45, 7) is 0. The highest BCUT2D eigenvalue weighted by atomic mass is 16.3. The van der Waals surface area contributed by atoms with Crippen molar-refractivity contribution >= 4 is 10.9 Å². The Labute approximate surface area is 68.4 Å². The summed E-state index contributed by atoms with van der Waals surface area (Å²) in [5.74, 6) is -0.258. The standard InChI is InChI=1S/C8H7NO2.H2O/c10-7-5-3-1-2-4-6(5)9-8(7)11;/h1-4,9-11H;1H2. The van der Waals surface area contributed by atoms with Crippen LogP contribution in [0.2, 0.25) is 0 Å². The molecule has 1 aromatic heterocycles. The van der Waals surface area contributed by atoms with Crippen LogP contribution in [0.25, 0.3) is 10.9 Å². The Morgan fingerprint density at radius 1 is 1.08 bits per heavy atom. The van der Waals surface area contributed by atoms with E-state index < -0.39 is 0 Å². The van der Waals surface area contributed by atoms with Gasteiger partial charge in [0.25, 0.3) is 0 Å². The van der Waals surface area contributed by atoms with Gasteiger partial charge in [-0.05, 0) is 12.1 Å². The van der Waals surface area contributed by atoms with Gasteiger partial charge in [0.05, 0.1) is 5.52 Å². The van der Waals surface area contributed by atoms with Crippen molar-refractivity contribution in [3.05, 3.63) is 24.3 Å². The summed E-state index contributed by atoms with van der Waals surface area (Å²) < 4.78 is 0. The predicted octanol–water partition coefficient (Wildman–Crippen LogP) is 0.754. The third kappa shape index (κ3) is 0.981. The van der Waals surface area contributed by atoms with Crippen molar-refractivity contribution < 1.29 is 15.7 Å². The van der Waals surface area contributed by atoms with E-state index in [-0.39, 0.29) is 17.1 Å². The molecule has 0 saturated carbocycles. The summed E-state index contributed by atoms with van der Waals surface area (Å²) in [6.07, 6.45) is 0. The van der Waals surface area contributed by atoms with Crippen LogP contribution in [0.15, 0.2) is 24.3 Å². The number of aromatic nitrogens is 1. The number of H-pyrrole nitrogens is 1. The highest BCUT2D eigenvalue weighted by Crippen LogP contribution is 2.32. The van der Waals surface area contributed by atoms with Gasteiger partial charge in [-0.15, -0.1) is 0 Å². The molecule has 5 N–H and O–H groups in total. The number of nitrogens with one attached hydrogen (secondary N) is 1. The third-order valence-electron chi connectivity index (χ3n) is 1.66. The molecule has 0 saturated heterocycles. The number of aromatic hydroxyl groups is 2. The normalized spacial score (nSPS) is 9.67. The molecule has 0 bridgehead atoms. The van der Waals surface area contributed by atoms with Gasteiger partial charge in [0.15, 0.2) is 5.75 Å². The van der Waals surface area contributed by atoms with Gasteiger partial charge in [-0.2, -0.15) is 0 Å². The summed E-state index contributed by atoms with van der Waals surface area (Å²) >= 11 is 0. The quantitative estimate of drug-likeness (QED) is 0.540. The topological polar surface area (TPSA) is 87.8 Å². The molecular formula is C8H9NO3. The largest absolute Gasteiger partial charge is 0.503 e. The molecule has 4 nitrogen and oxygen atoms in total. The first-order valence-electron chi connectivity index (χ1n) is 3.27. The van der Waals surface area contributed by atoms with E-state index in [1.807, 2.05) is 6.07 Å². The second kappa shape index (κ2) is 2.75. The van der Waals surface area contributed by atoms with Crippen LogP contribution in [0.5, 0.6) is 11.6 Å². The smallest absolute Gasteiger partial charge is 0.233 e. The lowest BCUT2D eigenvalue weighted by Crippen LogP contribution is -1.63. The maximum Gasteiger partial charge on any atom is 0.233 e. The molecule has 0 aliphatic heterocycles. The lowest BCUT2D eigenvalue weighted by Gasteiger charge is -1.86. The lowest BCUT2D eigenvalue weighted by molar-refractivity contribution is 0.398. The minimum atomic E-state index is -0.175. The number of rotatable bonds is 0. The van der Waals surface area contributed by atoms with E-state index in [1.165, 1.54) is 0 Å². The lowest BCUT2D eigenvalue weighted by atomic mass is 10.2. The zero-order valence-corrected chi connectivity index (χ0v) is 6.20. The molecule has 2 aromatic rings. The molecule has 0 spiro atoms. The molecule has 0 aliphatic carbocycles. The molecule has 0 radical (unpaired) electrons. The number of hydrogen-bond acceptors (Lipinski definition) is 2. The van der Waals surface area contributed by atoms with E-state index in [9.17, 15) is 5.11 Å². The summed E-state index contributed by atoms with van der Waals surface area (Å²) in [5.41, 5.74) is 0.738. The Balaban J connectivity index is 0.000000720. The van der Waals surface area contributed by atoms with Crippen LogP contribution in [0.1, 0.15) is 0 Å². The summed E-state index contributed by atoms with van der Waals surface area (Å²) in [5, 5.41) is 18.9.